The molecule has 2 N–H and O–H groups in total. The summed E-state index contributed by atoms with van der Waals surface area (Å²) in [4.78, 5) is 8.34. The van der Waals surface area contributed by atoms with E-state index in [1.165, 1.54) is 0 Å². The molecule has 0 amide bonds. The van der Waals surface area contributed by atoms with Gasteiger partial charge < -0.3 is 10.3 Å². The zero-order chi connectivity index (χ0) is 12.7. The number of hydrogen-bond donors (Lipinski definition) is 1. The first kappa shape index (κ1) is 10.8. The van der Waals surface area contributed by atoms with Gasteiger partial charge in [-0.3, -0.25) is 9.67 Å². The molecule has 0 aliphatic rings. The second-order valence-corrected chi connectivity index (χ2v) is 4.30. The molecular weight excluding hydrogens is 228 g/mol. The second-order valence-electron chi connectivity index (χ2n) is 4.30. The first-order valence-electron chi connectivity index (χ1n) is 5.70. The molecule has 0 unspecified atom stereocenters. The monoisotopic (exact) mass is 242 g/mol. The lowest BCUT2D eigenvalue weighted by Crippen LogP contribution is -2.05. The van der Waals surface area contributed by atoms with Crippen molar-refractivity contribution in [3.8, 4) is 0 Å². The quantitative estimate of drug-likeness (QED) is 0.730. The minimum absolute atomic E-state index is 0.501. The van der Waals surface area contributed by atoms with Gasteiger partial charge in [-0.25, -0.2) is 4.98 Å². The van der Waals surface area contributed by atoms with E-state index in [1.807, 2.05) is 35.5 Å². The average molecular weight is 242 g/mol. The standard InChI is InChI=1S/C12H14N6/c1-8-9(5-15-17(8)2)7-18-11-3-4-14-6-10(11)16-12(18)13/h3-6H,7H2,1-2H3,(H2,13,16). The van der Waals surface area contributed by atoms with Crippen LogP contribution in [0.3, 0.4) is 0 Å². The number of anilines is 1. The van der Waals surface area contributed by atoms with E-state index in [2.05, 4.69) is 15.1 Å². The van der Waals surface area contributed by atoms with Crippen LogP contribution in [0, 0.1) is 6.92 Å². The first-order chi connectivity index (χ1) is 8.66. The number of pyridine rings is 1. The maximum absolute atomic E-state index is 5.95. The van der Waals surface area contributed by atoms with E-state index in [-0.39, 0.29) is 0 Å². The highest BCUT2D eigenvalue weighted by Crippen LogP contribution is 2.19. The van der Waals surface area contributed by atoms with Crippen LogP contribution in [0.2, 0.25) is 0 Å². The van der Waals surface area contributed by atoms with Crippen LogP contribution in [-0.4, -0.2) is 24.3 Å². The van der Waals surface area contributed by atoms with Crippen molar-refractivity contribution in [3.63, 3.8) is 0 Å². The van der Waals surface area contributed by atoms with Gasteiger partial charge in [-0.2, -0.15) is 5.10 Å². The van der Waals surface area contributed by atoms with Crippen molar-refractivity contribution in [1.29, 1.82) is 0 Å². The van der Waals surface area contributed by atoms with Crippen molar-refractivity contribution in [1.82, 2.24) is 24.3 Å². The summed E-state index contributed by atoms with van der Waals surface area (Å²) in [5, 5.41) is 4.24. The molecule has 0 aliphatic heterocycles. The van der Waals surface area contributed by atoms with Gasteiger partial charge in [0.1, 0.15) is 5.52 Å². The third-order valence-corrected chi connectivity index (χ3v) is 3.25. The molecule has 0 aliphatic carbocycles. The van der Waals surface area contributed by atoms with E-state index < -0.39 is 0 Å². The number of rotatable bonds is 2. The normalized spacial score (nSPS) is 11.2. The summed E-state index contributed by atoms with van der Waals surface area (Å²) >= 11 is 0. The lowest BCUT2D eigenvalue weighted by molar-refractivity contribution is 0.734. The molecular formula is C12H14N6. The minimum Gasteiger partial charge on any atom is -0.369 e. The van der Waals surface area contributed by atoms with E-state index in [4.69, 9.17) is 5.73 Å². The highest BCUT2D eigenvalue weighted by molar-refractivity contribution is 5.77. The third-order valence-electron chi connectivity index (χ3n) is 3.25. The first-order valence-corrected chi connectivity index (χ1v) is 5.70. The Labute approximate surface area is 104 Å². The molecule has 0 atom stereocenters. The molecule has 6 nitrogen and oxygen atoms in total. The Morgan fingerprint density at radius 2 is 2.17 bits per heavy atom. The van der Waals surface area contributed by atoms with E-state index in [0.29, 0.717) is 12.5 Å². The summed E-state index contributed by atoms with van der Waals surface area (Å²) < 4.78 is 3.83. The Bertz CT molecular complexity index is 709. The molecule has 92 valence electrons. The summed E-state index contributed by atoms with van der Waals surface area (Å²) in [6.45, 7) is 2.71. The average Bonchev–Trinajstić information content (AvgIpc) is 2.85. The van der Waals surface area contributed by atoms with Gasteiger partial charge in [0.05, 0.1) is 24.5 Å². The molecule has 18 heavy (non-hydrogen) atoms. The maximum atomic E-state index is 5.95. The molecule has 3 aromatic heterocycles. The molecule has 6 heteroatoms. The lowest BCUT2D eigenvalue weighted by Gasteiger charge is -2.05. The summed E-state index contributed by atoms with van der Waals surface area (Å²) in [6.07, 6.45) is 5.33. The fraction of sp³-hybridized carbons (Fsp3) is 0.250. The number of nitrogens with zero attached hydrogens (tertiary/aromatic N) is 5. The number of aryl methyl sites for hydroxylation is 1. The van der Waals surface area contributed by atoms with Gasteiger partial charge in [0.2, 0.25) is 5.95 Å². The number of hydrogen-bond acceptors (Lipinski definition) is 4. The van der Waals surface area contributed by atoms with Gasteiger partial charge in [-0.15, -0.1) is 0 Å². The summed E-state index contributed by atoms with van der Waals surface area (Å²) in [6, 6.07) is 1.92. The molecule has 3 rings (SSSR count). The summed E-state index contributed by atoms with van der Waals surface area (Å²) in [5.74, 6) is 0.501. The van der Waals surface area contributed by atoms with E-state index in [1.54, 1.807) is 12.4 Å². The molecule has 0 bridgehead atoms. The molecule has 3 aromatic rings. The van der Waals surface area contributed by atoms with Crippen molar-refractivity contribution in [2.24, 2.45) is 7.05 Å². The fourth-order valence-electron chi connectivity index (χ4n) is 2.04. The van der Waals surface area contributed by atoms with Crippen molar-refractivity contribution < 1.29 is 0 Å². The Hall–Kier alpha value is -2.37. The highest BCUT2D eigenvalue weighted by atomic mass is 15.3. The van der Waals surface area contributed by atoms with Crippen LogP contribution >= 0.6 is 0 Å². The topological polar surface area (TPSA) is 74.6 Å². The van der Waals surface area contributed by atoms with Crippen LogP contribution in [0.15, 0.2) is 24.7 Å². The number of nitrogens with two attached hydrogens (primary N) is 1. The second kappa shape index (κ2) is 3.83. The third kappa shape index (κ3) is 1.54. The predicted octanol–water partition coefficient (Wildman–Crippen LogP) is 1.10. The number of aromatic nitrogens is 5. The van der Waals surface area contributed by atoms with E-state index in [0.717, 1.165) is 22.3 Å². The molecule has 0 radical (unpaired) electrons. The number of nitrogen functional groups attached to an aromatic ring is 1. The van der Waals surface area contributed by atoms with Crippen molar-refractivity contribution in [2.45, 2.75) is 13.5 Å². The molecule has 0 spiro atoms. The van der Waals surface area contributed by atoms with Crippen LogP contribution in [0.25, 0.3) is 11.0 Å². The zero-order valence-corrected chi connectivity index (χ0v) is 10.3. The van der Waals surface area contributed by atoms with Gasteiger partial charge in [0.25, 0.3) is 0 Å². The number of fused-ring (bicyclic) bond motifs is 1. The van der Waals surface area contributed by atoms with Crippen LogP contribution < -0.4 is 5.73 Å². The Kier molecular flexibility index (Phi) is 2.29. The SMILES string of the molecule is Cc1c(Cn2c(N)nc3cnccc32)cnn1C. The molecule has 0 saturated heterocycles. The Balaban J connectivity index is 2.10. The fourth-order valence-corrected chi connectivity index (χ4v) is 2.04. The minimum atomic E-state index is 0.501. The van der Waals surface area contributed by atoms with Crippen LogP contribution in [0.1, 0.15) is 11.3 Å². The highest BCUT2D eigenvalue weighted by Gasteiger charge is 2.11. The maximum Gasteiger partial charge on any atom is 0.201 e. The van der Waals surface area contributed by atoms with Crippen LogP contribution in [0.4, 0.5) is 5.95 Å². The van der Waals surface area contributed by atoms with Gasteiger partial charge in [-0.1, -0.05) is 0 Å². The van der Waals surface area contributed by atoms with Crippen LogP contribution in [-0.2, 0) is 13.6 Å². The largest absolute Gasteiger partial charge is 0.369 e. The summed E-state index contributed by atoms with van der Waals surface area (Å²) in [5.41, 5.74) is 10.0. The van der Waals surface area contributed by atoms with Crippen molar-refractivity contribution in [2.75, 3.05) is 5.73 Å². The van der Waals surface area contributed by atoms with Gasteiger partial charge in [-0.05, 0) is 13.0 Å². The van der Waals surface area contributed by atoms with Crippen molar-refractivity contribution in [3.05, 3.63) is 35.9 Å². The molecule has 3 heterocycles. The van der Waals surface area contributed by atoms with E-state index >= 15 is 0 Å². The van der Waals surface area contributed by atoms with Crippen LogP contribution in [0.5, 0.6) is 0 Å². The predicted molar refractivity (Wildman–Crippen MR) is 69.0 cm³/mol. The smallest absolute Gasteiger partial charge is 0.201 e. The lowest BCUT2D eigenvalue weighted by atomic mass is 10.2. The van der Waals surface area contributed by atoms with Gasteiger partial charge in [0, 0.05) is 24.5 Å². The Morgan fingerprint density at radius 3 is 2.89 bits per heavy atom. The van der Waals surface area contributed by atoms with Crippen molar-refractivity contribution >= 4 is 17.0 Å². The van der Waals surface area contributed by atoms with E-state index in [9.17, 15) is 0 Å². The number of imidazole rings is 1. The molecule has 0 fully saturated rings. The molecule has 0 saturated carbocycles. The molecule has 0 aromatic carbocycles. The summed E-state index contributed by atoms with van der Waals surface area (Å²) in [7, 11) is 1.93. The van der Waals surface area contributed by atoms with Gasteiger partial charge >= 0.3 is 0 Å². The Morgan fingerprint density at radius 1 is 1.33 bits per heavy atom. The van der Waals surface area contributed by atoms with Gasteiger partial charge in [0.15, 0.2) is 0 Å². The zero-order valence-electron chi connectivity index (χ0n) is 10.3.